The van der Waals surface area contributed by atoms with E-state index in [0.717, 1.165) is 35.5 Å². The van der Waals surface area contributed by atoms with Crippen molar-refractivity contribution in [2.75, 3.05) is 33.7 Å². The summed E-state index contributed by atoms with van der Waals surface area (Å²) in [4.78, 5) is 6.81. The van der Waals surface area contributed by atoms with E-state index in [4.69, 9.17) is 0 Å². The zero-order chi connectivity index (χ0) is 19.9. The lowest BCUT2D eigenvalue weighted by Gasteiger charge is -2.29. The van der Waals surface area contributed by atoms with Crippen molar-refractivity contribution in [1.82, 2.24) is 25.3 Å². The lowest BCUT2D eigenvalue weighted by atomic mass is 9.94. The van der Waals surface area contributed by atoms with Crippen LogP contribution in [0.15, 0.2) is 35.3 Å². The molecule has 1 aromatic heterocycles. The molecule has 0 saturated carbocycles. The lowest BCUT2D eigenvalue weighted by Crippen LogP contribution is -2.39. The van der Waals surface area contributed by atoms with Crippen molar-refractivity contribution >= 4 is 29.9 Å². The highest BCUT2D eigenvalue weighted by Crippen LogP contribution is 2.19. The average molecular weight is 510 g/mol. The van der Waals surface area contributed by atoms with Gasteiger partial charge in [-0.15, -0.1) is 24.0 Å². The molecule has 2 aromatic rings. The van der Waals surface area contributed by atoms with Gasteiger partial charge in [0.25, 0.3) is 0 Å². The minimum atomic E-state index is 0. The largest absolute Gasteiger partial charge is 0.356 e. The van der Waals surface area contributed by atoms with Crippen molar-refractivity contribution in [3.8, 4) is 5.69 Å². The Hall–Kier alpha value is -1.61. The molecule has 1 aliphatic heterocycles. The fourth-order valence-electron chi connectivity index (χ4n) is 3.88. The Balaban J connectivity index is 0.00000300. The first-order valence-corrected chi connectivity index (χ1v) is 10.3. The van der Waals surface area contributed by atoms with E-state index >= 15 is 0 Å². The predicted octanol–water partition coefficient (Wildman–Crippen LogP) is 3.50. The molecule has 1 aliphatic rings. The zero-order valence-corrected chi connectivity index (χ0v) is 20.4. The summed E-state index contributed by atoms with van der Waals surface area (Å²) in [6.45, 7) is 8.24. The minimum absolute atomic E-state index is 0. The fraction of sp³-hybridized carbons (Fsp3) is 0.545. The number of aromatic nitrogens is 2. The Morgan fingerprint density at radius 3 is 2.55 bits per heavy atom. The lowest BCUT2D eigenvalue weighted by molar-refractivity contribution is 0.213. The summed E-state index contributed by atoms with van der Waals surface area (Å²) in [6.07, 6.45) is 3.82. The summed E-state index contributed by atoms with van der Waals surface area (Å²) >= 11 is 0. The Bertz CT molecular complexity index is 792. The van der Waals surface area contributed by atoms with Gasteiger partial charge in [0.1, 0.15) is 0 Å². The second kappa shape index (κ2) is 11.5. The molecular weight excluding hydrogens is 475 g/mol. The van der Waals surface area contributed by atoms with Gasteiger partial charge < -0.3 is 15.5 Å². The van der Waals surface area contributed by atoms with Gasteiger partial charge in [-0.1, -0.05) is 18.2 Å². The number of benzene rings is 1. The summed E-state index contributed by atoms with van der Waals surface area (Å²) in [6, 6.07) is 10.5. The van der Waals surface area contributed by atoms with Crippen LogP contribution in [0.5, 0.6) is 0 Å². The van der Waals surface area contributed by atoms with Gasteiger partial charge in [0.15, 0.2) is 5.96 Å². The molecule has 1 fully saturated rings. The van der Waals surface area contributed by atoms with Gasteiger partial charge in [-0.25, -0.2) is 4.68 Å². The predicted molar refractivity (Wildman–Crippen MR) is 131 cm³/mol. The molecule has 0 spiro atoms. The van der Waals surface area contributed by atoms with Crippen LogP contribution in [0.3, 0.4) is 0 Å². The molecule has 0 amide bonds. The van der Waals surface area contributed by atoms with E-state index in [2.05, 4.69) is 69.9 Å². The third-order valence-corrected chi connectivity index (χ3v) is 5.58. The maximum absolute atomic E-state index is 4.63. The first-order valence-electron chi connectivity index (χ1n) is 10.3. The van der Waals surface area contributed by atoms with Crippen LogP contribution in [-0.2, 0) is 6.54 Å². The molecule has 0 radical (unpaired) electrons. The Morgan fingerprint density at radius 1 is 1.17 bits per heavy atom. The van der Waals surface area contributed by atoms with Crippen LogP contribution in [0, 0.1) is 19.8 Å². The van der Waals surface area contributed by atoms with Crippen LogP contribution >= 0.6 is 24.0 Å². The van der Waals surface area contributed by atoms with Gasteiger partial charge in [-0.3, -0.25) is 4.99 Å². The van der Waals surface area contributed by atoms with E-state index in [1.54, 1.807) is 0 Å². The van der Waals surface area contributed by atoms with E-state index in [9.17, 15) is 0 Å². The normalized spacial score (nSPS) is 15.8. The van der Waals surface area contributed by atoms with Crippen LogP contribution in [0.2, 0.25) is 0 Å². The quantitative estimate of drug-likeness (QED) is 0.355. The highest BCUT2D eigenvalue weighted by molar-refractivity contribution is 14.0. The monoisotopic (exact) mass is 510 g/mol. The molecule has 3 rings (SSSR count). The van der Waals surface area contributed by atoms with Crippen LogP contribution in [0.25, 0.3) is 5.69 Å². The van der Waals surface area contributed by atoms with E-state index < -0.39 is 0 Å². The first kappa shape index (κ1) is 23.7. The van der Waals surface area contributed by atoms with Gasteiger partial charge >= 0.3 is 0 Å². The van der Waals surface area contributed by atoms with Crippen LogP contribution in [0.4, 0.5) is 0 Å². The molecule has 160 valence electrons. The number of piperidine rings is 1. The highest BCUT2D eigenvalue weighted by atomic mass is 127. The number of para-hydroxylation sites is 1. The molecule has 29 heavy (non-hydrogen) atoms. The standard InChI is InChI=1S/C22H34N6.HI/c1-17-15-18(2)28(26-17)21-8-6-5-7-20(21)16-25-22(23-3)24-12-9-19-10-13-27(4)14-11-19;/h5-8,15,19H,9-14,16H2,1-4H3,(H2,23,24,25);1H. The SMILES string of the molecule is CN=C(NCCC1CCN(C)CC1)NCc1ccccc1-n1nc(C)cc1C.I. The number of guanidine groups is 1. The van der Waals surface area contributed by atoms with Crippen molar-refractivity contribution in [3.05, 3.63) is 47.3 Å². The summed E-state index contributed by atoms with van der Waals surface area (Å²) in [5.74, 6) is 1.68. The number of aliphatic imine (C=N–C) groups is 1. The number of halogens is 1. The third kappa shape index (κ3) is 6.70. The molecular formula is C22H35IN6. The highest BCUT2D eigenvalue weighted by Gasteiger charge is 2.16. The maximum Gasteiger partial charge on any atom is 0.191 e. The third-order valence-electron chi connectivity index (χ3n) is 5.58. The summed E-state index contributed by atoms with van der Waals surface area (Å²) in [5.41, 5.74) is 4.49. The molecule has 0 bridgehead atoms. The molecule has 0 atom stereocenters. The van der Waals surface area contributed by atoms with Gasteiger partial charge in [0.2, 0.25) is 0 Å². The molecule has 0 aliphatic carbocycles. The van der Waals surface area contributed by atoms with Gasteiger partial charge in [-0.2, -0.15) is 5.10 Å². The minimum Gasteiger partial charge on any atom is -0.356 e. The van der Waals surface area contributed by atoms with E-state index in [1.165, 1.54) is 37.9 Å². The number of aryl methyl sites for hydroxylation is 2. The number of rotatable bonds is 6. The van der Waals surface area contributed by atoms with Crippen LogP contribution < -0.4 is 10.6 Å². The number of likely N-dealkylation sites (tertiary alicyclic amines) is 1. The van der Waals surface area contributed by atoms with Crippen LogP contribution in [0.1, 0.15) is 36.2 Å². The van der Waals surface area contributed by atoms with Gasteiger partial charge in [0.05, 0.1) is 11.4 Å². The van der Waals surface area contributed by atoms with Crippen molar-refractivity contribution < 1.29 is 0 Å². The van der Waals surface area contributed by atoms with Crippen molar-refractivity contribution in [1.29, 1.82) is 0 Å². The maximum atomic E-state index is 4.63. The number of hydrogen-bond acceptors (Lipinski definition) is 3. The van der Waals surface area contributed by atoms with E-state index in [1.807, 2.05) is 18.7 Å². The summed E-state index contributed by atoms with van der Waals surface area (Å²) in [5, 5.41) is 11.6. The first-order chi connectivity index (χ1) is 13.6. The zero-order valence-electron chi connectivity index (χ0n) is 18.1. The molecule has 1 aromatic carbocycles. The molecule has 0 unspecified atom stereocenters. The summed E-state index contributed by atoms with van der Waals surface area (Å²) in [7, 11) is 4.04. The number of hydrogen-bond donors (Lipinski definition) is 2. The van der Waals surface area contributed by atoms with E-state index in [-0.39, 0.29) is 24.0 Å². The number of nitrogens with one attached hydrogen (secondary N) is 2. The molecule has 1 saturated heterocycles. The Morgan fingerprint density at radius 2 is 1.90 bits per heavy atom. The summed E-state index contributed by atoms with van der Waals surface area (Å²) < 4.78 is 2.02. The van der Waals surface area contributed by atoms with Gasteiger partial charge in [-0.05, 0) is 76.9 Å². The second-order valence-corrected chi connectivity index (χ2v) is 7.86. The van der Waals surface area contributed by atoms with Crippen molar-refractivity contribution in [2.45, 2.75) is 39.7 Å². The van der Waals surface area contributed by atoms with Crippen molar-refractivity contribution in [2.24, 2.45) is 10.9 Å². The Labute approximate surface area is 192 Å². The van der Waals surface area contributed by atoms with E-state index in [0.29, 0.717) is 6.54 Å². The van der Waals surface area contributed by atoms with Crippen molar-refractivity contribution in [3.63, 3.8) is 0 Å². The van der Waals surface area contributed by atoms with Gasteiger partial charge in [0, 0.05) is 25.8 Å². The second-order valence-electron chi connectivity index (χ2n) is 7.86. The topological polar surface area (TPSA) is 57.5 Å². The average Bonchev–Trinajstić information content (AvgIpc) is 3.04. The molecule has 6 nitrogen and oxygen atoms in total. The Kier molecular flexibility index (Phi) is 9.42. The smallest absolute Gasteiger partial charge is 0.191 e. The molecule has 2 heterocycles. The molecule has 2 N–H and O–H groups in total. The molecule has 7 heteroatoms. The fourth-order valence-corrected chi connectivity index (χ4v) is 3.88. The number of nitrogens with zero attached hydrogens (tertiary/aromatic N) is 4. The van der Waals surface area contributed by atoms with Crippen LogP contribution in [-0.4, -0.2) is 54.4 Å².